The van der Waals surface area contributed by atoms with Gasteiger partial charge in [0.05, 0.1) is 15.2 Å². The minimum absolute atomic E-state index is 0.244. The summed E-state index contributed by atoms with van der Waals surface area (Å²) in [5.41, 5.74) is 0.371. The number of thiophene rings is 1. The highest BCUT2D eigenvalue weighted by Gasteiger charge is 2.30. The zero-order valence-corrected chi connectivity index (χ0v) is 12.0. The smallest absolute Gasteiger partial charge is 0.186 e. The van der Waals surface area contributed by atoms with Crippen LogP contribution < -0.4 is 0 Å². The van der Waals surface area contributed by atoms with E-state index in [0.29, 0.717) is 12.0 Å². The number of likely N-dealkylation sites (tertiary alicyclic amines) is 1. The zero-order chi connectivity index (χ0) is 11.8. The molecular formula is C12H16BrNOS. The molecule has 2 nitrogen and oxygen atoms in total. The van der Waals surface area contributed by atoms with Gasteiger partial charge in [0.15, 0.2) is 5.78 Å². The molecule has 0 atom stereocenters. The van der Waals surface area contributed by atoms with E-state index in [1.807, 2.05) is 12.1 Å². The molecule has 1 aromatic heterocycles. The average Bonchev–Trinajstić information content (AvgIpc) is 2.73. The zero-order valence-electron chi connectivity index (χ0n) is 9.62. The lowest BCUT2D eigenvalue weighted by molar-refractivity contribution is 0.0944. The van der Waals surface area contributed by atoms with Gasteiger partial charge in [-0.15, -0.1) is 11.3 Å². The van der Waals surface area contributed by atoms with Crippen molar-refractivity contribution in [2.45, 2.75) is 20.3 Å². The molecule has 0 amide bonds. The van der Waals surface area contributed by atoms with Crippen molar-refractivity contribution in [3.05, 3.63) is 20.8 Å². The summed E-state index contributed by atoms with van der Waals surface area (Å²) < 4.78 is 1.03. The van der Waals surface area contributed by atoms with Crippen molar-refractivity contribution in [3.8, 4) is 0 Å². The molecule has 2 rings (SSSR count). The number of hydrogen-bond acceptors (Lipinski definition) is 3. The molecule has 0 radical (unpaired) electrons. The fraction of sp³-hybridized carbons (Fsp3) is 0.583. The van der Waals surface area contributed by atoms with Crippen molar-refractivity contribution >= 4 is 33.0 Å². The average molecular weight is 302 g/mol. The number of carbonyl (C=O) groups is 1. The summed E-state index contributed by atoms with van der Waals surface area (Å²) in [6, 6.07) is 3.84. The maximum absolute atomic E-state index is 12.0. The van der Waals surface area contributed by atoms with Crippen molar-refractivity contribution in [2.75, 3.05) is 19.6 Å². The molecule has 1 aliphatic rings. The van der Waals surface area contributed by atoms with Gasteiger partial charge in [-0.3, -0.25) is 9.69 Å². The first-order valence-electron chi connectivity index (χ1n) is 5.47. The second-order valence-corrected chi connectivity index (χ2v) is 7.61. The van der Waals surface area contributed by atoms with Crippen molar-refractivity contribution in [1.29, 1.82) is 0 Å². The molecular weight excluding hydrogens is 286 g/mol. The number of nitrogens with zero attached hydrogens (tertiary/aromatic N) is 1. The standard InChI is InChI=1S/C12H16BrNOS/c1-12(2)5-6-14(8-12)7-9(15)10-3-4-11(13)16-10/h3-4H,5-8H2,1-2H3. The van der Waals surface area contributed by atoms with Gasteiger partial charge in [-0.1, -0.05) is 13.8 Å². The quantitative estimate of drug-likeness (QED) is 0.797. The van der Waals surface area contributed by atoms with Crippen LogP contribution in [-0.4, -0.2) is 30.3 Å². The third-order valence-electron chi connectivity index (χ3n) is 2.97. The molecule has 1 saturated heterocycles. The van der Waals surface area contributed by atoms with Crippen LogP contribution in [0.3, 0.4) is 0 Å². The Kier molecular flexibility index (Phi) is 3.52. The third-order valence-corrected chi connectivity index (χ3v) is 4.64. The topological polar surface area (TPSA) is 20.3 Å². The van der Waals surface area contributed by atoms with Crippen LogP contribution in [0, 0.1) is 5.41 Å². The van der Waals surface area contributed by atoms with Crippen molar-refractivity contribution in [1.82, 2.24) is 4.90 Å². The predicted octanol–water partition coefficient (Wildman–Crippen LogP) is 3.43. The Morgan fingerprint density at radius 2 is 2.31 bits per heavy atom. The van der Waals surface area contributed by atoms with Gasteiger partial charge in [0.25, 0.3) is 0 Å². The highest BCUT2D eigenvalue weighted by atomic mass is 79.9. The molecule has 2 heterocycles. The molecule has 1 aliphatic heterocycles. The van der Waals surface area contributed by atoms with Crippen molar-refractivity contribution in [3.63, 3.8) is 0 Å². The molecule has 16 heavy (non-hydrogen) atoms. The fourth-order valence-electron chi connectivity index (χ4n) is 2.10. The molecule has 0 aromatic carbocycles. The number of hydrogen-bond donors (Lipinski definition) is 0. The third kappa shape index (κ3) is 2.93. The maximum atomic E-state index is 12.0. The summed E-state index contributed by atoms with van der Waals surface area (Å²) in [6.45, 7) is 7.17. The molecule has 1 fully saturated rings. The Hall–Kier alpha value is -0.190. The Balaban J connectivity index is 1.94. The molecule has 0 unspecified atom stereocenters. The van der Waals surface area contributed by atoms with Crippen LogP contribution in [0.2, 0.25) is 0 Å². The van der Waals surface area contributed by atoms with Gasteiger partial charge in [-0.05, 0) is 46.4 Å². The van der Waals surface area contributed by atoms with Crippen LogP contribution in [0.4, 0.5) is 0 Å². The highest BCUT2D eigenvalue weighted by Crippen LogP contribution is 2.29. The van der Waals surface area contributed by atoms with Crippen molar-refractivity contribution in [2.24, 2.45) is 5.41 Å². The van der Waals surface area contributed by atoms with Crippen LogP contribution in [0.15, 0.2) is 15.9 Å². The lowest BCUT2D eigenvalue weighted by Gasteiger charge is -2.18. The number of carbonyl (C=O) groups excluding carboxylic acids is 1. The number of ketones is 1. The Morgan fingerprint density at radius 1 is 1.56 bits per heavy atom. The summed E-state index contributed by atoms with van der Waals surface area (Å²) in [4.78, 5) is 15.1. The maximum Gasteiger partial charge on any atom is 0.186 e. The molecule has 88 valence electrons. The molecule has 4 heteroatoms. The highest BCUT2D eigenvalue weighted by molar-refractivity contribution is 9.11. The number of rotatable bonds is 3. The largest absolute Gasteiger partial charge is 0.295 e. The molecule has 0 N–H and O–H groups in total. The van der Waals surface area contributed by atoms with E-state index in [-0.39, 0.29) is 5.78 Å². The van der Waals surface area contributed by atoms with Crippen molar-refractivity contribution < 1.29 is 4.79 Å². The SMILES string of the molecule is CC1(C)CCN(CC(=O)c2ccc(Br)s2)C1. The Labute approximate surface area is 109 Å². The summed E-state index contributed by atoms with van der Waals surface area (Å²) in [5, 5.41) is 0. The Bertz CT molecular complexity index is 399. The molecule has 0 spiro atoms. The van der Waals surface area contributed by atoms with Crippen LogP contribution >= 0.6 is 27.3 Å². The fourth-order valence-corrected chi connectivity index (χ4v) is 3.42. The Morgan fingerprint density at radius 3 is 2.81 bits per heavy atom. The van der Waals surface area contributed by atoms with Gasteiger partial charge in [0, 0.05) is 6.54 Å². The normalized spacial score (nSPS) is 20.2. The first-order valence-corrected chi connectivity index (χ1v) is 7.08. The first kappa shape index (κ1) is 12.3. The molecule has 0 aliphatic carbocycles. The van der Waals surface area contributed by atoms with E-state index in [9.17, 15) is 4.79 Å². The summed E-state index contributed by atoms with van der Waals surface area (Å²) in [6.07, 6.45) is 1.19. The summed E-state index contributed by atoms with van der Waals surface area (Å²) in [5.74, 6) is 0.244. The van der Waals surface area contributed by atoms with E-state index >= 15 is 0 Å². The number of halogens is 1. The predicted molar refractivity (Wildman–Crippen MR) is 71.2 cm³/mol. The monoisotopic (exact) mass is 301 g/mol. The van der Waals surface area contributed by atoms with Crippen LogP contribution in [0.1, 0.15) is 29.9 Å². The number of Topliss-reactive ketones (excluding diaryl/α,β-unsaturated/α-hetero) is 1. The van der Waals surface area contributed by atoms with Crippen LogP contribution in [-0.2, 0) is 0 Å². The molecule has 1 aromatic rings. The van der Waals surface area contributed by atoms with E-state index in [2.05, 4.69) is 34.7 Å². The van der Waals surface area contributed by atoms with Gasteiger partial charge in [0.2, 0.25) is 0 Å². The molecule has 0 bridgehead atoms. The van der Waals surface area contributed by atoms with E-state index in [1.165, 1.54) is 17.8 Å². The van der Waals surface area contributed by atoms with Gasteiger partial charge >= 0.3 is 0 Å². The second-order valence-electron chi connectivity index (χ2n) is 5.15. The van der Waals surface area contributed by atoms with Gasteiger partial charge in [-0.2, -0.15) is 0 Å². The van der Waals surface area contributed by atoms with Gasteiger partial charge in [0.1, 0.15) is 0 Å². The van der Waals surface area contributed by atoms with Gasteiger partial charge < -0.3 is 0 Å². The lowest BCUT2D eigenvalue weighted by Crippen LogP contribution is -2.29. The van der Waals surface area contributed by atoms with E-state index in [1.54, 1.807) is 0 Å². The summed E-state index contributed by atoms with van der Waals surface area (Å²) in [7, 11) is 0. The minimum atomic E-state index is 0.244. The first-order chi connectivity index (χ1) is 7.46. The summed E-state index contributed by atoms with van der Waals surface area (Å²) >= 11 is 4.90. The second kappa shape index (κ2) is 4.59. The van der Waals surface area contributed by atoms with Gasteiger partial charge in [-0.25, -0.2) is 0 Å². The van der Waals surface area contributed by atoms with E-state index in [4.69, 9.17) is 0 Å². The lowest BCUT2D eigenvalue weighted by atomic mass is 9.93. The van der Waals surface area contributed by atoms with Crippen LogP contribution in [0.25, 0.3) is 0 Å². The van der Waals surface area contributed by atoms with E-state index < -0.39 is 0 Å². The van der Waals surface area contributed by atoms with E-state index in [0.717, 1.165) is 21.8 Å². The van der Waals surface area contributed by atoms with Crippen LogP contribution in [0.5, 0.6) is 0 Å². The minimum Gasteiger partial charge on any atom is -0.295 e. The molecule has 0 saturated carbocycles.